The fraction of sp³-hybridized carbons (Fsp3) is 0.143. The van der Waals surface area contributed by atoms with Crippen molar-refractivity contribution in [3.63, 3.8) is 0 Å². The van der Waals surface area contributed by atoms with Crippen LogP contribution in [0.1, 0.15) is 11.6 Å². The maximum absolute atomic E-state index is 5.40. The zero-order valence-corrected chi connectivity index (χ0v) is 14.5. The number of ether oxygens (including phenoxy) is 1. The molecule has 0 spiro atoms. The van der Waals surface area contributed by atoms with Crippen molar-refractivity contribution in [3.8, 4) is 11.3 Å². The van der Waals surface area contributed by atoms with E-state index >= 15 is 0 Å². The van der Waals surface area contributed by atoms with E-state index in [1.54, 1.807) is 13.4 Å². The number of H-pyrrole nitrogens is 1. The zero-order valence-electron chi connectivity index (χ0n) is 14.5. The van der Waals surface area contributed by atoms with Crippen LogP contribution < -0.4 is 5.32 Å². The van der Waals surface area contributed by atoms with Gasteiger partial charge in [-0.25, -0.2) is 9.97 Å². The van der Waals surface area contributed by atoms with Gasteiger partial charge >= 0.3 is 0 Å². The maximum Gasteiger partial charge on any atom is 0.143 e. The van der Waals surface area contributed by atoms with Crippen molar-refractivity contribution in [2.24, 2.45) is 0 Å². The molecular weight excluding hydrogens is 324 g/mol. The van der Waals surface area contributed by atoms with E-state index in [9.17, 15) is 0 Å². The van der Waals surface area contributed by atoms with Crippen molar-refractivity contribution < 1.29 is 4.74 Å². The van der Waals surface area contributed by atoms with Crippen LogP contribution in [0.3, 0.4) is 0 Å². The molecule has 1 unspecified atom stereocenters. The molecule has 5 nitrogen and oxygen atoms in total. The molecule has 0 aliphatic rings. The molecular formula is C21H20N4O. The maximum atomic E-state index is 5.40. The van der Waals surface area contributed by atoms with E-state index in [0.29, 0.717) is 6.61 Å². The molecule has 0 aliphatic heterocycles. The van der Waals surface area contributed by atoms with Crippen molar-refractivity contribution in [1.29, 1.82) is 0 Å². The molecule has 2 heterocycles. The Kier molecular flexibility index (Phi) is 4.62. The lowest BCUT2D eigenvalue weighted by atomic mass is 10.1. The number of benzene rings is 2. The van der Waals surface area contributed by atoms with Gasteiger partial charge in [0.1, 0.15) is 17.8 Å². The Morgan fingerprint density at radius 2 is 1.73 bits per heavy atom. The molecule has 130 valence electrons. The van der Waals surface area contributed by atoms with E-state index < -0.39 is 0 Å². The van der Waals surface area contributed by atoms with Crippen molar-refractivity contribution in [1.82, 2.24) is 15.0 Å². The lowest BCUT2D eigenvalue weighted by Gasteiger charge is -2.19. The second-order valence-electron chi connectivity index (χ2n) is 6.10. The van der Waals surface area contributed by atoms with Crippen LogP contribution in [0.5, 0.6) is 0 Å². The first-order valence-corrected chi connectivity index (χ1v) is 8.54. The van der Waals surface area contributed by atoms with Gasteiger partial charge in [-0.1, -0.05) is 60.7 Å². The summed E-state index contributed by atoms with van der Waals surface area (Å²) in [5, 5.41) is 4.47. The lowest BCUT2D eigenvalue weighted by Crippen LogP contribution is -2.17. The number of nitrogens with zero attached hydrogens (tertiary/aromatic N) is 2. The van der Waals surface area contributed by atoms with Gasteiger partial charge in [0, 0.05) is 12.8 Å². The Balaban J connectivity index is 1.70. The van der Waals surface area contributed by atoms with Gasteiger partial charge in [0.05, 0.1) is 18.0 Å². The monoisotopic (exact) mass is 344 g/mol. The molecule has 0 saturated carbocycles. The molecule has 0 radical (unpaired) electrons. The minimum atomic E-state index is 0.00868. The number of aromatic amines is 1. The van der Waals surface area contributed by atoms with Crippen molar-refractivity contribution in [2.75, 3.05) is 19.0 Å². The number of anilines is 1. The zero-order chi connectivity index (χ0) is 17.8. The standard InChI is InChI=1S/C21H20N4O/c1-26-13-19(16-10-6-3-7-11-16)25-21-17-12-18(15-8-4-2-5-9-15)24-20(17)22-14-23-21/h2-12,14,19H,13H2,1H3,(H2,22,23,24,25). The van der Waals surface area contributed by atoms with Crippen LogP contribution in [-0.2, 0) is 4.74 Å². The second-order valence-corrected chi connectivity index (χ2v) is 6.10. The molecule has 0 bridgehead atoms. The van der Waals surface area contributed by atoms with Crippen LogP contribution in [0.15, 0.2) is 73.1 Å². The first-order valence-electron chi connectivity index (χ1n) is 8.54. The molecule has 2 aromatic heterocycles. The highest BCUT2D eigenvalue weighted by atomic mass is 16.5. The number of fused-ring (bicyclic) bond motifs is 1. The summed E-state index contributed by atoms with van der Waals surface area (Å²) in [6.07, 6.45) is 1.57. The molecule has 0 saturated heterocycles. The molecule has 26 heavy (non-hydrogen) atoms. The van der Waals surface area contributed by atoms with Gasteiger partial charge < -0.3 is 15.0 Å². The molecule has 5 heteroatoms. The molecule has 0 aliphatic carbocycles. The van der Waals surface area contributed by atoms with Crippen molar-refractivity contribution in [2.45, 2.75) is 6.04 Å². The van der Waals surface area contributed by atoms with Crippen LogP contribution in [0.4, 0.5) is 5.82 Å². The summed E-state index contributed by atoms with van der Waals surface area (Å²) >= 11 is 0. The minimum Gasteiger partial charge on any atom is -0.382 e. The van der Waals surface area contributed by atoms with E-state index in [2.05, 4.69) is 50.6 Å². The Labute approximate surface area is 152 Å². The summed E-state index contributed by atoms with van der Waals surface area (Å²) in [5.41, 5.74) is 4.10. The SMILES string of the molecule is COCC(Nc1ncnc2[nH]c(-c3ccccc3)cc12)c1ccccc1. The molecule has 4 rings (SSSR count). The summed E-state index contributed by atoms with van der Waals surface area (Å²) in [7, 11) is 1.71. The largest absolute Gasteiger partial charge is 0.382 e. The van der Waals surface area contributed by atoms with Gasteiger partial charge in [0.15, 0.2) is 0 Å². The van der Waals surface area contributed by atoms with E-state index in [-0.39, 0.29) is 6.04 Å². The van der Waals surface area contributed by atoms with Crippen LogP contribution >= 0.6 is 0 Å². The van der Waals surface area contributed by atoms with E-state index in [1.807, 2.05) is 36.4 Å². The third-order valence-electron chi connectivity index (χ3n) is 4.36. The van der Waals surface area contributed by atoms with Gasteiger partial charge in [0.25, 0.3) is 0 Å². The predicted molar refractivity (Wildman–Crippen MR) is 104 cm³/mol. The molecule has 0 fully saturated rings. The van der Waals surface area contributed by atoms with Crippen LogP contribution in [0.25, 0.3) is 22.3 Å². The van der Waals surface area contributed by atoms with Crippen LogP contribution in [-0.4, -0.2) is 28.7 Å². The summed E-state index contributed by atoms with van der Waals surface area (Å²) < 4.78 is 5.40. The second kappa shape index (κ2) is 7.37. The fourth-order valence-corrected chi connectivity index (χ4v) is 3.07. The average Bonchev–Trinajstić information content (AvgIpc) is 3.14. The summed E-state index contributed by atoms with van der Waals surface area (Å²) in [6.45, 7) is 0.547. The quantitative estimate of drug-likeness (QED) is 0.543. The third kappa shape index (κ3) is 3.30. The first-order chi connectivity index (χ1) is 12.8. The van der Waals surface area contributed by atoms with Gasteiger partial charge in [-0.2, -0.15) is 0 Å². The topological polar surface area (TPSA) is 62.8 Å². The van der Waals surface area contributed by atoms with E-state index in [0.717, 1.165) is 33.7 Å². The first kappa shape index (κ1) is 16.3. The fourth-order valence-electron chi connectivity index (χ4n) is 3.07. The average molecular weight is 344 g/mol. The molecule has 0 amide bonds. The molecule has 2 aromatic carbocycles. The Hall–Kier alpha value is -3.18. The Morgan fingerprint density at radius 3 is 2.46 bits per heavy atom. The van der Waals surface area contributed by atoms with Crippen molar-refractivity contribution in [3.05, 3.63) is 78.6 Å². The van der Waals surface area contributed by atoms with Gasteiger partial charge in [-0.15, -0.1) is 0 Å². The summed E-state index contributed by atoms with van der Waals surface area (Å²) in [5.74, 6) is 0.791. The molecule has 1 atom stereocenters. The van der Waals surface area contributed by atoms with Crippen LogP contribution in [0.2, 0.25) is 0 Å². The smallest absolute Gasteiger partial charge is 0.143 e. The molecule has 2 N–H and O–H groups in total. The summed E-state index contributed by atoms with van der Waals surface area (Å²) in [6, 6.07) is 22.5. The van der Waals surface area contributed by atoms with Crippen molar-refractivity contribution >= 4 is 16.9 Å². The summed E-state index contributed by atoms with van der Waals surface area (Å²) in [4.78, 5) is 12.2. The third-order valence-corrected chi connectivity index (χ3v) is 4.36. The number of nitrogens with one attached hydrogen (secondary N) is 2. The predicted octanol–water partition coefficient (Wildman–Crippen LogP) is 4.42. The van der Waals surface area contributed by atoms with Gasteiger partial charge in [0.2, 0.25) is 0 Å². The number of aromatic nitrogens is 3. The van der Waals surface area contributed by atoms with Gasteiger partial charge in [-0.05, 0) is 17.2 Å². The highest BCUT2D eigenvalue weighted by molar-refractivity contribution is 5.91. The number of methoxy groups -OCH3 is 1. The lowest BCUT2D eigenvalue weighted by molar-refractivity contribution is 0.186. The number of hydrogen-bond donors (Lipinski definition) is 2. The highest BCUT2D eigenvalue weighted by Gasteiger charge is 2.15. The Morgan fingerprint density at radius 1 is 1.00 bits per heavy atom. The Bertz CT molecular complexity index is 983. The number of hydrogen-bond acceptors (Lipinski definition) is 4. The molecule has 4 aromatic rings. The van der Waals surface area contributed by atoms with Gasteiger partial charge in [-0.3, -0.25) is 0 Å². The normalized spacial score (nSPS) is 12.2. The highest BCUT2D eigenvalue weighted by Crippen LogP contribution is 2.28. The number of rotatable bonds is 6. The van der Waals surface area contributed by atoms with E-state index in [1.165, 1.54) is 0 Å². The van der Waals surface area contributed by atoms with E-state index in [4.69, 9.17) is 4.74 Å². The van der Waals surface area contributed by atoms with Crippen LogP contribution in [0, 0.1) is 0 Å². The minimum absolute atomic E-state index is 0.00868.